The fourth-order valence-corrected chi connectivity index (χ4v) is 5.54. The number of benzene rings is 2. The second-order valence-electron chi connectivity index (χ2n) is 8.27. The minimum absolute atomic E-state index is 0.242. The molecule has 1 heterocycles. The van der Waals surface area contributed by atoms with Crippen LogP contribution < -0.4 is 5.43 Å². The quantitative estimate of drug-likeness (QED) is 0.620. The Bertz CT molecular complexity index is 1000. The summed E-state index contributed by atoms with van der Waals surface area (Å²) in [5.74, 6) is -0.352. The molecule has 0 radical (unpaired) electrons. The number of carbonyl (C=O) groups excluding carboxylic acids is 1. The number of aliphatic imine (C=N–C) groups is 1. The molecule has 1 unspecified atom stereocenters. The Morgan fingerprint density at radius 3 is 2.50 bits per heavy atom. The molecule has 2 aromatic carbocycles. The van der Waals surface area contributed by atoms with E-state index in [1.165, 1.54) is 11.8 Å². The second kappa shape index (κ2) is 9.57. The summed E-state index contributed by atoms with van der Waals surface area (Å²) in [7, 11) is 0. The van der Waals surface area contributed by atoms with Crippen molar-refractivity contribution in [3.63, 3.8) is 0 Å². The molecular weight excluding hydrogens is 435 g/mol. The van der Waals surface area contributed by atoms with E-state index in [0.29, 0.717) is 10.6 Å². The highest BCUT2D eigenvalue weighted by Crippen LogP contribution is 2.34. The van der Waals surface area contributed by atoms with Crippen molar-refractivity contribution in [2.45, 2.75) is 55.8 Å². The molecule has 8 heteroatoms. The Morgan fingerprint density at radius 2 is 1.78 bits per heavy atom. The first-order valence-corrected chi connectivity index (χ1v) is 11.8. The minimum atomic E-state index is -4.51. The van der Waals surface area contributed by atoms with Crippen LogP contribution >= 0.6 is 11.8 Å². The third-order valence-electron chi connectivity index (χ3n) is 5.77. The highest BCUT2D eigenvalue weighted by molar-refractivity contribution is 8.01. The van der Waals surface area contributed by atoms with Gasteiger partial charge in [0.1, 0.15) is 12.4 Å². The average Bonchev–Trinajstić information content (AvgIpc) is 2.76. The highest BCUT2D eigenvalue weighted by Gasteiger charge is 2.40. The number of hydrazine groups is 1. The van der Waals surface area contributed by atoms with Gasteiger partial charge >= 0.3 is 6.18 Å². The predicted molar refractivity (Wildman–Crippen MR) is 122 cm³/mol. The van der Waals surface area contributed by atoms with Crippen molar-refractivity contribution in [3.8, 4) is 11.1 Å². The lowest BCUT2D eigenvalue weighted by atomic mass is 9.98. The first kappa shape index (κ1) is 22.7. The molecule has 32 heavy (non-hydrogen) atoms. The van der Waals surface area contributed by atoms with Crippen LogP contribution in [0.1, 0.15) is 43.2 Å². The van der Waals surface area contributed by atoms with Gasteiger partial charge in [-0.25, -0.2) is 10.0 Å². The molecule has 0 bridgehead atoms. The number of amides is 1. The van der Waals surface area contributed by atoms with Crippen LogP contribution in [0, 0.1) is 6.92 Å². The molecule has 1 saturated carbocycles. The van der Waals surface area contributed by atoms with Crippen molar-refractivity contribution >= 4 is 23.5 Å². The molecule has 1 aliphatic carbocycles. The van der Waals surface area contributed by atoms with Gasteiger partial charge in [-0.15, -0.1) is 11.8 Å². The standard InChI is InChI=1S/C24H26F3N3OS/c1-16-8-5-6-13-20(16)17-9-7-10-18(14-17)21-28-22(32-19-11-3-2-4-12-19)23(31)30(29-21)15-24(25,26)27/h5-10,13-14,19,22H,2-4,11-12,15H2,1H3,(H,28,29). The summed E-state index contributed by atoms with van der Waals surface area (Å²) in [6, 6.07) is 15.5. The van der Waals surface area contributed by atoms with E-state index in [9.17, 15) is 18.0 Å². The van der Waals surface area contributed by atoms with E-state index in [4.69, 9.17) is 0 Å². The SMILES string of the molecule is Cc1ccccc1-c1cccc(C2=NC(SC3CCCCC3)C(=O)N(CC(F)(F)F)N2)c1. The summed E-state index contributed by atoms with van der Waals surface area (Å²) in [6.07, 6.45) is 0.756. The maximum Gasteiger partial charge on any atom is 0.408 e. The van der Waals surface area contributed by atoms with Gasteiger partial charge in [-0.05, 0) is 42.5 Å². The topological polar surface area (TPSA) is 44.7 Å². The van der Waals surface area contributed by atoms with Crippen molar-refractivity contribution < 1.29 is 18.0 Å². The number of hydrogen-bond donors (Lipinski definition) is 1. The van der Waals surface area contributed by atoms with Gasteiger partial charge in [-0.2, -0.15) is 13.2 Å². The predicted octanol–water partition coefficient (Wildman–Crippen LogP) is 5.71. The first-order valence-electron chi connectivity index (χ1n) is 10.8. The zero-order chi connectivity index (χ0) is 22.7. The number of carbonyl (C=O) groups is 1. The molecule has 1 amide bonds. The zero-order valence-electron chi connectivity index (χ0n) is 17.9. The maximum atomic E-state index is 13.2. The molecule has 4 nitrogen and oxygen atoms in total. The molecular formula is C24H26F3N3OS. The number of amidine groups is 1. The summed E-state index contributed by atoms with van der Waals surface area (Å²) in [4.78, 5) is 17.4. The van der Waals surface area contributed by atoms with Crippen LogP contribution in [0.15, 0.2) is 53.5 Å². The monoisotopic (exact) mass is 461 g/mol. The Morgan fingerprint density at radius 1 is 1.06 bits per heavy atom. The molecule has 0 aromatic heterocycles. The highest BCUT2D eigenvalue weighted by atomic mass is 32.2. The second-order valence-corrected chi connectivity index (χ2v) is 9.66. The molecule has 170 valence electrons. The van der Waals surface area contributed by atoms with E-state index in [1.807, 2.05) is 49.4 Å². The van der Waals surface area contributed by atoms with Gasteiger partial charge in [0.2, 0.25) is 0 Å². The number of rotatable bonds is 5. The minimum Gasteiger partial charge on any atom is -0.279 e. The van der Waals surface area contributed by atoms with Crippen molar-refractivity contribution in [1.29, 1.82) is 0 Å². The maximum absolute atomic E-state index is 13.2. The van der Waals surface area contributed by atoms with Gasteiger partial charge < -0.3 is 0 Å². The number of aryl methyl sites for hydroxylation is 1. The lowest BCUT2D eigenvalue weighted by Gasteiger charge is -2.34. The van der Waals surface area contributed by atoms with Crippen molar-refractivity contribution in [3.05, 3.63) is 59.7 Å². The molecule has 4 rings (SSSR count). The van der Waals surface area contributed by atoms with E-state index in [-0.39, 0.29) is 11.1 Å². The lowest BCUT2D eigenvalue weighted by molar-refractivity contribution is -0.165. The summed E-state index contributed by atoms with van der Waals surface area (Å²) in [5.41, 5.74) is 6.38. The van der Waals surface area contributed by atoms with Crippen LogP contribution in [-0.4, -0.2) is 40.1 Å². The molecule has 1 N–H and O–H groups in total. The number of nitrogens with one attached hydrogen (secondary N) is 1. The van der Waals surface area contributed by atoms with Gasteiger partial charge in [0.25, 0.3) is 5.91 Å². The van der Waals surface area contributed by atoms with Gasteiger partial charge in [0.05, 0.1) is 0 Å². The number of hydrogen-bond acceptors (Lipinski definition) is 4. The average molecular weight is 462 g/mol. The summed E-state index contributed by atoms with van der Waals surface area (Å²) >= 11 is 1.39. The third-order valence-corrected chi connectivity index (χ3v) is 7.19. The van der Waals surface area contributed by atoms with Crippen molar-refractivity contribution in [2.75, 3.05) is 6.54 Å². The van der Waals surface area contributed by atoms with Crippen LogP contribution in [0.5, 0.6) is 0 Å². The van der Waals surface area contributed by atoms with E-state index in [1.54, 1.807) is 6.07 Å². The number of nitrogens with zero attached hydrogens (tertiary/aromatic N) is 2. The Hall–Kier alpha value is -2.48. The number of thioether (sulfide) groups is 1. The van der Waals surface area contributed by atoms with Crippen LogP contribution in [0.2, 0.25) is 0 Å². The van der Waals surface area contributed by atoms with Gasteiger partial charge in [-0.1, -0.05) is 61.7 Å². The summed E-state index contributed by atoms with van der Waals surface area (Å²) < 4.78 is 39.5. The Kier molecular flexibility index (Phi) is 6.79. The fraction of sp³-hybridized carbons (Fsp3) is 0.417. The van der Waals surface area contributed by atoms with Crippen molar-refractivity contribution in [1.82, 2.24) is 10.4 Å². The molecule has 2 aromatic rings. The molecule has 0 saturated heterocycles. The summed E-state index contributed by atoms with van der Waals surface area (Å²) in [6.45, 7) is 0.656. The Balaban J connectivity index is 1.66. The molecule has 1 fully saturated rings. The third kappa shape index (κ3) is 5.46. The summed E-state index contributed by atoms with van der Waals surface area (Å²) in [5, 5.41) is 0.0363. The van der Waals surface area contributed by atoms with E-state index in [2.05, 4.69) is 10.4 Å². The molecule has 1 atom stereocenters. The van der Waals surface area contributed by atoms with Crippen LogP contribution in [0.4, 0.5) is 13.2 Å². The first-order chi connectivity index (χ1) is 15.3. The normalized spacial score (nSPS) is 20.1. The fourth-order valence-electron chi connectivity index (χ4n) is 4.16. The van der Waals surface area contributed by atoms with Crippen LogP contribution in [0.25, 0.3) is 11.1 Å². The van der Waals surface area contributed by atoms with Gasteiger partial charge in [0.15, 0.2) is 5.37 Å². The molecule has 2 aliphatic rings. The van der Waals surface area contributed by atoms with Crippen molar-refractivity contribution in [2.24, 2.45) is 4.99 Å². The zero-order valence-corrected chi connectivity index (χ0v) is 18.7. The van der Waals surface area contributed by atoms with E-state index < -0.39 is 24.0 Å². The lowest BCUT2D eigenvalue weighted by Crippen LogP contribution is -2.56. The van der Waals surface area contributed by atoms with E-state index in [0.717, 1.165) is 48.8 Å². The number of halogens is 3. The Labute approximate surface area is 190 Å². The van der Waals surface area contributed by atoms with Crippen LogP contribution in [0.3, 0.4) is 0 Å². The molecule has 1 aliphatic heterocycles. The smallest absolute Gasteiger partial charge is 0.279 e. The van der Waals surface area contributed by atoms with Gasteiger partial charge in [0, 0.05) is 10.8 Å². The van der Waals surface area contributed by atoms with Crippen LogP contribution in [-0.2, 0) is 4.79 Å². The molecule has 0 spiro atoms. The number of alkyl halides is 3. The largest absolute Gasteiger partial charge is 0.408 e. The van der Waals surface area contributed by atoms with Gasteiger partial charge in [-0.3, -0.25) is 10.2 Å². The van der Waals surface area contributed by atoms with E-state index >= 15 is 0 Å².